The number of benzene rings is 1. The van der Waals surface area contributed by atoms with Gasteiger partial charge >= 0.3 is 5.97 Å². The Bertz CT molecular complexity index is 789. The lowest BCUT2D eigenvalue weighted by atomic mass is 9.94. The van der Waals surface area contributed by atoms with Gasteiger partial charge in [-0.3, -0.25) is 4.79 Å². The largest absolute Gasteiger partial charge is 0.467 e. The van der Waals surface area contributed by atoms with Crippen molar-refractivity contribution in [2.75, 3.05) is 20.2 Å². The lowest BCUT2D eigenvalue weighted by Crippen LogP contribution is -2.50. The Morgan fingerprint density at radius 2 is 1.82 bits per heavy atom. The topological polar surface area (TPSA) is 92.8 Å². The van der Waals surface area contributed by atoms with E-state index in [0.717, 1.165) is 12.1 Å². The second-order valence-corrected chi connectivity index (χ2v) is 8.97. The molecule has 0 aliphatic carbocycles. The first-order chi connectivity index (χ1) is 13.2. The summed E-state index contributed by atoms with van der Waals surface area (Å²) in [4.78, 5) is 24.6. The molecule has 0 bridgehead atoms. The van der Waals surface area contributed by atoms with Gasteiger partial charge in [0.25, 0.3) is 0 Å². The van der Waals surface area contributed by atoms with Crippen LogP contribution in [0.2, 0.25) is 0 Å². The smallest absolute Gasteiger partial charge is 0.328 e. The van der Waals surface area contributed by atoms with Crippen molar-refractivity contribution in [3.63, 3.8) is 0 Å². The molecule has 0 saturated carbocycles. The molecule has 1 fully saturated rings. The highest BCUT2D eigenvalue weighted by molar-refractivity contribution is 7.89. The van der Waals surface area contributed by atoms with Gasteiger partial charge in [0.2, 0.25) is 15.9 Å². The number of rotatable bonds is 7. The summed E-state index contributed by atoms with van der Waals surface area (Å²) in [6.45, 7) is 4.15. The molecule has 1 heterocycles. The van der Waals surface area contributed by atoms with Gasteiger partial charge in [-0.15, -0.1) is 0 Å². The fourth-order valence-corrected chi connectivity index (χ4v) is 4.65. The van der Waals surface area contributed by atoms with E-state index in [9.17, 15) is 22.4 Å². The molecule has 1 saturated heterocycles. The van der Waals surface area contributed by atoms with E-state index in [1.165, 1.54) is 23.5 Å². The Hall–Kier alpha value is -2.00. The predicted octanol–water partition coefficient (Wildman–Crippen LogP) is 1.93. The van der Waals surface area contributed by atoms with Gasteiger partial charge in [0, 0.05) is 19.0 Å². The lowest BCUT2D eigenvalue weighted by Gasteiger charge is -2.32. The number of sulfonamides is 1. The van der Waals surface area contributed by atoms with Crippen molar-refractivity contribution in [1.82, 2.24) is 9.62 Å². The molecule has 1 aromatic rings. The van der Waals surface area contributed by atoms with Crippen molar-refractivity contribution >= 4 is 21.9 Å². The highest BCUT2D eigenvalue weighted by Crippen LogP contribution is 2.24. The van der Waals surface area contributed by atoms with E-state index in [1.807, 2.05) is 13.8 Å². The van der Waals surface area contributed by atoms with Crippen molar-refractivity contribution in [1.29, 1.82) is 0 Å². The van der Waals surface area contributed by atoms with Gasteiger partial charge in [-0.2, -0.15) is 4.31 Å². The first kappa shape index (κ1) is 22.3. The summed E-state index contributed by atoms with van der Waals surface area (Å²) in [5, 5.41) is 2.76. The zero-order valence-corrected chi connectivity index (χ0v) is 17.2. The molecule has 0 aromatic heterocycles. The van der Waals surface area contributed by atoms with E-state index in [0.29, 0.717) is 19.3 Å². The average molecular weight is 414 g/mol. The number of esters is 1. The Balaban J connectivity index is 1.99. The number of hydrogen-bond acceptors (Lipinski definition) is 5. The number of ether oxygens (including phenoxy) is 1. The maximum atomic E-state index is 13.0. The van der Waals surface area contributed by atoms with Crippen LogP contribution in [-0.2, 0) is 24.3 Å². The summed E-state index contributed by atoms with van der Waals surface area (Å²) < 4.78 is 44.4. The predicted molar refractivity (Wildman–Crippen MR) is 101 cm³/mol. The number of carbonyl (C=O) groups excluding carboxylic acids is 2. The first-order valence-electron chi connectivity index (χ1n) is 9.34. The van der Waals surface area contributed by atoms with Crippen LogP contribution in [0.5, 0.6) is 0 Å². The van der Waals surface area contributed by atoms with Gasteiger partial charge in [0.1, 0.15) is 11.9 Å². The van der Waals surface area contributed by atoms with Crippen LogP contribution in [0.4, 0.5) is 4.39 Å². The molecule has 2 rings (SSSR count). The number of halogens is 1. The van der Waals surface area contributed by atoms with Crippen LogP contribution in [0, 0.1) is 17.7 Å². The number of piperidine rings is 1. The van der Waals surface area contributed by atoms with Gasteiger partial charge in [0.15, 0.2) is 0 Å². The SMILES string of the molecule is CC[C@H](C)[C@H](NC(=O)C1CCN(S(=O)(=O)c2ccc(F)cc2)CC1)C(=O)OC. The van der Waals surface area contributed by atoms with Crippen LogP contribution in [0.25, 0.3) is 0 Å². The van der Waals surface area contributed by atoms with Crippen molar-refractivity contribution < 1.29 is 27.1 Å². The summed E-state index contributed by atoms with van der Waals surface area (Å²) in [7, 11) is -2.44. The summed E-state index contributed by atoms with van der Waals surface area (Å²) in [5.41, 5.74) is 0. The third-order valence-electron chi connectivity index (χ3n) is 5.24. The molecule has 1 aliphatic heterocycles. The summed E-state index contributed by atoms with van der Waals surface area (Å²) in [6.07, 6.45) is 1.40. The highest BCUT2D eigenvalue weighted by Gasteiger charge is 2.34. The molecule has 0 radical (unpaired) electrons. The van der Waals surface area contributed by atoms with Crippen LogP contribution in [0.15, 0.2) is 29.2 Å². The number of carbonyl (C=O) groups is 2. The van der Waals surface area contributed by atoms with E-state index in [4.69, 9.17) is 4.74 Å². The molecule has 156 valence electrons. The second-order valence-electron chi connectivity index (χ2n) is 7.03. The molecule has 2 atom stereocenters. The second kappa shape index (κ2) is 9.47. The number of hydrogen-bond donors (Lipinski definition) is 1. The molecule has 28 heavy (non-hydrogen) atoms. The maximum Gasteiger partial charge on any atom is 0.328 e. The normalized spacial score (nSPS) is 18.3. The fraction of sp³-hybridized carbons (Fsp3) is 0.579. The van der Waals surface area contributed by atoms with Crippen LogP contribution in [-0.4, -0.2) is 50.8 Å². The Labute approximate surface area is 165 Å². The number of amides is 1. The molecule has 1 amide bonds. The van der Waals surface area contributed by atoms with Gasteiger partial charge < -0.3 is 10.1 Å². The first-order valence-corrected chi connectivity index (χ1v) is 10.8. The van der Waals surface area contributed by atoms with Crippen LogP contribution >= 0.6 is 0 Å². The molecule has 1 aromatic carbocycles. The summed E-state index contributed by atoms with van der Waals surface area (Å²) >= 11 is 0. The minimum absolute atomic E-state index is 0.0272. The molecular formula is C19H27FN2O5S. The van der Waals surface area contributed by atoms with Crippen molar-refractivity contribution in [2.45, 2.75) is 44.0 Å². The van der Waals surface area contributed by atoms with E-state index in [2.05, 4.69) is 5.32 Å². The van der Waals surface area contributed by atoms with Crippen LogP contribution in [0.1, 0.15) is 33.1 Å². The third kappa shape index (κ3) is 5.08. The van der Waals surface area contributed by atoms with E-state index < -0.39 is 27.9 Å². The quantitative estimate of drug-likeness (QED) is 0.688. The van der Waals surface area contributed by atoms with Gasteiger partial charge in [-0.1, -0.05) is 20.3 Å². The Morgan fingerprint density at radius 1 is 1.25 bits per heavy atom. The molecule has 7 nitrogen and oxygen atoms in total. The average Bonchev–Trinajstić information content (AvgIpc) is 2.71. The zero-order chi connectivity index (χ0) is 20.9. The highest BCUT2D eigenvalue weighted by atomic mass is 32.2. The lowest BCUT2D eigenvalue weighted by molar-refractivity contribution is -0.147. The Kier molecular flexibility index (Phi) is 7.54. The molecule has 0 unspecified atom stereocenters. The molecule has 0 spiro atoms. The zero-order valence-electron chi connectivity index (χ0n) is 16.4. The van der Waals surface area contributed by atoms with Gasteiger partial charge in [-0.05, 0) is 43.0 Å². The standard InChI is InChI=1S/C19H27FN2O5S/c1-4-13(2)17(19(24)27-3)21-18(23)14-9-11-22(12-10-14)28(25,26)16-7-5-15(20)6-8-16/h5-8,13-14,17H,4,9-12H2,1-3H3,(H,21,23)/t13-,17-/m0/s1. The number of nitrogens with one attached hydrogen (secondary N) is 1. The van der Waals surface area contributed by atoms with E-state index >= 15 is 0 Å². The number of methoxy groups -OCH3 is 1. The Morgan fingerprint density at radius 3 is 2.32 bits per heavy atom. The van der Waals surface area contributed by atoms with Crippen molar-refractivity contribution in [3.05, 3.63) is 30.1 Å². The summed E-state index contributed by atoms with van der Waals surface area (Å²) in [6, 6.07) is 3.96. The molecular weight excluding hydrogens is 387 g/mol. The van der Waals surface area contributed by atoms with Gasteiger partial charge in [-0.25, -0.2) is 17.6 Å². The van der Waals surface area contributed by atoms with Gasteiger partial charge in [0.05, 0.1) is 12.0 Å². The number of nitrogens with zero attached hydrogens (tertiary/aromatic N) is 1. The van der Waals surface area contributed by atoms with E-state index in [-0.39, 0.29) is 35.7 Å². The monoisotopic (exact) mass is 414 g/mol. The van der Waals surface area contributed by atoms with Crippen molar-refractivity contribution in [2.24, 2.45) is 11.8 Å². The minimum Gasteiger partial charge on any atom is -0.467 e. The molecule has 1 N–H and O–H groups in total. The summed E-state index contributed by atoms with van der Waals surface area (Å²) in [5.74, 6) is -1.71. The van der Waals surface area contributed by atoms with Crippen molar-refractivity contribution in [3.8, 4) is 0 Å². The van der Waals surface area contributed by atoms with Crippen LogP contribution < -0.4 is 5.32 Å². The maximum absolute atomic E-state index is 13.0. The van der Waals surface area contributed by atoms with E-state index in [1.54, 1.807) is 0 Å². The minimum atomic E-state index is -3.72. The molecule has 9 heteroatoms. The third-order valence-corrected chi connectivity index (χ3v) is 7.15. The molecule has 1 aliphatic rings. The van der Waals surface area contributed by atoms with Crippen LogP contribution in [0.3, 0.4) is 0 Å². The fourth-order valence-electron chi connectivity index (χ4n) is 3.18.